The molecule has 0 fully saturated rings. The second kappa shape index (κ2) is 3.20. The molecule has 2 nitrogen and oxygen atoms in total. The van der Waals surface area contributed by atoms with Crippen LogP contribution in [0.25, 0.3) is 0 Å². The molecule has 0 aromatic carbocycles. The monoisotopic (exact) mass is 137 g/mol. The number of hydrogen-bond donors (Lipinski definition) is 0. The molecule has 1 heterocycles. The lowest BCUT2D eigenvalue weighted by atomic mass is 10.2. The van der Waals surface area contributed by atoms with Crippen LogP contribution in [-0.4, -0.2) is 17.9 Å². The quantitative estimate of drug-likeness (QED) is 0.525. The third-order valence-corrected chi connectivity index (χ3v) is 1.51. The van der Waals surface area contributed by atoms with Gasteiger partial charge >= 0.3 is 0 Å². The molecule has 10 heavy (non-hydrogen) atoms. The predicted molar refractivity (Wildman–Crippen MR) is 40.3 cm³/mol. The van der Waals surface area contributed by atoms with E-state index in [-0.39, 0.29) is 0 Å². The lowest BCUT2D eigenvalue weighted by molar-refractivity contribution is -0.115. The van der Waals surface area contributed by atoms with Gasteiger partial charge in [0.15, 0.2) is 0 Å². The van der Waals surface area contributed by atoms with Crippen molar-refractivity contribution in [3.05, 3.63) is 23.9 Å². The maximum Gasteiger partial charge on any atom is 0.213 e. The largest absolute Gasteiger partial charge is 0.321 e. The van der Waals surface area contributed by atoms with Gasteiger partial charge in [-0.2, -0.15) is 0 Å². The highest BCUT2D eigenvalue weighted by Gasteiger charge is 2.07. The third-order valence-electron chi connectivity index (χ3n) is 1.51. The molecule has 1 rings (SSSR count). The second-order valence-corrected chi connectivity index (χ2v) is 2.30. The first kappa shape index (κ1) is 7.06. The zero-order valence-corrected chi connectivity index (χ0v) is 6.08. The molecule has 0 unspecified atom stereocenters. The summed E-state index contributed by atoms with van der Waals surface area (Å²) in [7, 11) is 0. The van der Waals surface area contributed by atoms with Crippen LogP contribution in [0.4, 0.5) is 0 Å². The molecule has 1 amide bonds. The number of nitrogens with zero attached hydrogens (tertiary/aromatic N) is 1. The second-order valence-electron chi connectivity index (χ2n) is 2.30. The van der Waals surface area contributed by atoms with Gasteiger partial charge in [-0.15, -0.1) is 0 Å². The summed E-state index contributed by atoms with van der Waals surface area (Å²) in [5.41, 5.74) is 1.23. The van der Waals surface area contributed by atoms with Crippen LogP contribution in [0.2, 0.25) is 0 Å². The van der Waals surface area contributed by atoms with Gasteiger partial charge in [0.2, 0.25) is 6.41 Å². The van der Waals surface area contributed by atoms with E-state index >= 15 is 0 Å². The first-order valence-electron chi connectivity index (χ1n) is 3.41. The smallest absolute Gasteiger partial charge is 0.213 e. The zero-order chi connectivity index (χ0) is 7.40. The van der Waals surface area contributed by atoms with Gasteiger partial charge < -0.3 is 4.90 Å². The Morgan fingerprint density at radius 1 is 1.70 bits per heavy atom. The summed E-state index contributed by atoms with van der Waals surface area (Å²) in [4.78, 5) is 11.9. The van der Waals surface area contributed by atoms with Gasteiger partial charge in [-0.25, -0.2) is 0 Å². The van der Waals surface area contributed by atoms with E-state index in [4.69, 9.17) is 0 Å². The number of hydrogen-bond acceptors (Lipinski definition) is 1. The van der Waals surface area contributed by atoms with Crippen molar-refractivity contribution < 1.29 is 4.79 Å². The Balaban J connectivity index is 2.56. The van der Waals surface area contributed by atoms with E-state index in [9.17, 15) is 4.79 Å². The molecule has 54 valence electrons. The average molecular weight is 137 g/mol. The van der Waals surface area contributed by atoms with Gasteiger partial charge in [0, 0.05) is 12.7 Å². The van der Waals surface area contributed by atoms with E-state index in [1.165, 1.54) is 5.57 Å². The highest BCUT2D eigenvalue weighted by atomic mass is 16.1. The van der Waals surface area contributed by atoms with Crippen molar-refractivity contribution in [2.75, 3.05) is 6.54 Å². The third kappa shape index (κ3) is 1.47. The minimum atomic E-state index is 0.836. The molecule has 0 radical (unpaired) electrons. The van der Waals surface area contributed by atoms with Gasteiger partial charge in [0.1, 0.15) is 0 Å². The number of rotatable bonds is 2. The summed E-state index contributed by atoms with van der Waals surface area (Å²) in [5.74, 6) is 0. The Kier molecular flexibility index (Phi) is 2.26. The highest BCUT2D eigenvalue weighted by Crippen LogP contribution is 2.12. The molecule has 1 aliphatic heterocycles. The maximum absolute atomic E-state index is 10.2. The van der Waals surface area contributed by atoms with Crippen LogP contribution in [-0.2, 0) is 4.79 Å². The van der Waals surface area contributed by atoms with Crippen LogP contribution >= 0.6 is 0 Å². The molecular weight excluding hydrogens is 126 g/mol. The molecule has 0 saturated heterocycles. The van der Waals surface area contributed by atoms with E-state index in [0.29, 0.717) is 0 Å². The summed E-state index contributed by atoms with van der Waals surface area (Å²) >= 11 is 0. The molecule has 0 N–H and O–H groups in total. The minimum Gasteiger partial charge on any atom is -0.321 e. The van der Waals surface area contributed by atoms with Crippen LogP contribution in [0.5, 0.6) is 0 Å². The van der Waals surface area contributed by atoms with Crippen LogP contribution in [0.1, 0.15) is 13.3 Å². The molecule has 0 aromatic rings. The van der Waals surface area contributed by atoms with E-state index in [1.54, 1.807) is 4.90 Å². The highest BCUT2D eigenvalue weighted by molar-refractivity contribution is 5.51. The molecule has 2 heteroatoms. The summed E-state index contributed by atoms with van der Waals surface area (Å²) in [5, 5.41) is 0. The van der Waals surface area contributed by atoms with Crippen molar-refractivity contribution in [2.45, 2.75) is 13.3 Å². The van der Waals surface area contributed by atoms with Crippen molar-refractivity contribution in [3.63, 3.8) is 0 Å². The lowest BCUT2D eigenvalue weighted by Crippen LogP contribution is -2.09. The van der Waals surface area contributed by atoms with Gasteiger partial charge in [-0.05, 0) is 18.9 Å². The molecular formula is C8H11NO. The van der Waals surface area contributed by atoms with Crippen molar-refractivity contribution in [1.29, 1.82) is 0 Å². The molecule has 0 aliphatic carbocycles. The van der Waals surface area contributed by atoms with Crippen LogP contribution in [0.15, 0.2) is 23.9 Å². The lowest BCUT2D eigenvalue weighted by Gasteiger charge is -2.00. The summed E-state index contributed by atoms with van der Waals surface area (Å²) in [6.45, 7) is 2.81. The first-order valence-corrected chi connectivity index (χ1v) is 3.41. The molecule has 0 bridgehead atoms. The fourth-order valence-electron chi connectivity index (χ4n) is 1.02. The molecule has 1 aliphatic rings. The standard InChI is InChI=1S/C8H11NO/c1-2-3-8-4-5-9(6-8)7-10/h2-3,6-7H,4-5H2,1H3/b3-2+. The zero-order valence-electron chi connectivity index (χ0n) is 6.08. The molecule has 0 spiro atoms. The van der Waals surface area contributed by atoms with Crippen molar-refractivity contribution in [3.8, 4) is 0 Å². The summed E-state index contributed by atoms with van der Waals surface area (Å²) in [6, 6.07) is 0. The Morgan fingerprint density at radius 3 is 3.00 bits per heavy atom. The van der Waals surface area contributed by atoms with E-state index in [0.717, 1.165) is 19.4 Å². The van der Waals surface area contributed by atoms with Crippen LogP contribution in [0.3, 0.4) is 0 Å². The van der Waals surface area contributed by atoms with Gasteiger partial charge in [-0.3, -0.25) is 4.79 Å². The number of allylic oxidation sites excluding steroid dienone is 2. The summed E-state index contributed by atoms with van der Waals surface area (Å²) in [6.07, 6.45) is 7.75. The van der Waals surface area contributed by atoms with E-state index in [1.807, 2.05) is 25.3 Å². The Labute approximate surface area is 60.8 Å². The van der Waals surface area contributed by atoms with Crippen molar-refractivity contribution in [2.24, 2.45) is 0 Å². The van der Waals surface area contributed by atoms with E-state index in [2.05, 4.69) is 0 Å². The van der Waals surface area contributed by atoms with Crippen molar-refractivity contribution >= 4 is 6.41 Å². The van der Waals surface area contributed by atoms with E-state index < -0.39 is 0 Å². The number of amides is 1. The fourth-order valence-corrected chi connectivity index (χ4v) is 1.02. The van der Waals surface area contributed by atoms with Crippen LogP contribution in [0, 0.1) is 0 Å². The molecule has 0 aromatic heterocycles. The Morgan fingerprint density at radius 2 is 2.50 bits per heavy atom. The SMILES string of the molecule is C/C=C/C1=CN(C=O)CC1. The summed E-state index contributed by atoms with van der Waals surface area (Å²) < 4.78 is 0. The van der Waals surface area contributed by atoms with Gasteiger partial charge in [0.05, 0.1) is 0 Å². The van der Waals surface area contributed by atoms with Gasteiger partial charge in [-0.1, -0.05) is 12.2 Å². The fraction of sp³-hybridized carbons (Fsp3) is 0.375. The first-order chi connectivity index (χ1) is 4.86. The number of carbonyl (C=O) groups excluding carboxylic acids is 1. The topological polar surface area (TPSA) is 20.3 Å². The Hall–Kier alpha value is -1.05. The molecule has 0 saturated carbocycles. The average Bonchev–Trinajstić information content (AvgIpc) is 2.37. The van der Waals surface area contributed by atoms with Crippen molar-refractivity contribution in [1.82, 2.24) is 4.90 Å². The maximum atomic E-state index is 10.2. The molecule has 0 atom stereocenters. The van der Waals surface area contributed by atoms with Gasteiger partial charge in [0.25, 0.3) is 0 Å². The normalized spacial score (nSPS) is 18.1. The predicted octanol–water partition coefficient (Wildman–Crippen LogP) is 1.31. The minimum absolute atomic E-state index is 0.836. The van der Waals surface area contributed by atoms with Crippen LogP contribution < -0.4 is 0 Å². The number of carbonyl (C=O) groups is 1. The Bertz CT molecular complexity index is 182.